The van der Waals surface area contributed by atoms with E-state index in [9.17, 15) is 32.3 Å². The quantitative estimate of drug-likeness (QED) is 0.256. The Labute approximate surface area is 252 Å². The van der Waals surface area contributed by atoms with Crippen LogP contribution in [-0.4, -0.2) is 81.4 Å². The van der Waals surface area contributed by atoms with E-state index in [2.05, 4.69) is 15.3 Å². The van der Waals surface area contributed by atoms with Gasteiger partial charge in [-0.1, -0.05) is 25.4 Å². The lowest BCUT2D eigenvalue weighted by molar-refractivity contribution is -0.209. The van der Waals surface area contributed by atoms with Gasteiger partial charge in [-0.25, -0.2) is 9.78 Å². The van der Waals surface area contributed by atoms with Crippen molar-refractivity contribution >= 4 is 56.8 Å². The van der Waals surface area contributed by atoms with Gasteiger partial charge in [-0.3, -0.25) is 24.3 Å². The molecule has 2 unspecified atom stereocenters. The Morgan fingerprint density at radius 1 is 1.21 bits per heavy atom. The molecule has 3 aromatic heterocycles. The van der Waals surface area contributed by atoms with E-state index in [-0.39, 0.29) is 17.6 Å². The Hall–Kier alpha value is -3.62. The predicted octanol–water partition coefficient (Wildman–Crippen LogP) is 3.73. The standard InChI is InChI=1S/C28H25ClF3N5O5S/c1-13-10-17(29)35-19(18(13)22(38)36-8-6-33-7-9-36)15-4-5-34-16-11-14(43-20(15)16)12-37-23(39)21-26(2,3)27(21,24(37)40)42-25(41)28(30,31)32/h4-5,10-11,21,33H,6-9,12H2,1-3H3. The van der Waals surface area contributed by atoms with Crippen molar-refractivity contribution < 1.29 is 37.1 Å². The number of rotatable bonds is 5. The van der Waals surface area contributed by atoms with Crippen LogP contribution in [0.4, 0.5) is 13.2 Å². The SMILES string of the molecule is Cc1cc(Cl)nc(-c2ccnc3cc(CN4C(=O)C5C(C)(C)C5(OC(=O)C(F)(F)F)C4=O)sc23)c1C(=O)N1CCNCC1. The fraction of sp³-hybridized carbons (Fsp3) is 0.429. The molecule has 0 radical (unpaired) electrons. The predicted molar refractivity (Wildman–Crippen MR) is 149 cm³/mol. The zero-order valence-electron chi connectivity index (χ0n) is 23.2. The topological polar surface area (TPSA) is 122 Å². The largest absolute Gasteiger partial charge is 0.490 e. The number of thiophene rings is 1. The van der Waals surface area contributed by atoms with Gasteiger partial charge >= 0.3 is 12.1 Å². The molecule has 226 valence electrons. The number of imide groups is 1. The van der Waals surface area contributed by atoms with Gasteiger partial charge in [0.15, 0.2) is 0 Å². The van der Waals surface area contributed by atoms with Crippen molar-refractivity contribution in [3.8, 4) is 11.3 Å². The molecule has 1 N–H and O–H groups in total. The zero-order valence-corrected chi connectivity index (χ0v) is 24.7. The van der Waals surface area contributed by atoms with Crippen molar-refractivity contribution in [3.05, 3.63) is 45.6 Å². The third-order valence-corrected chi connectivity index (χ3v) is 9.73. The van der Waals surface area contributed by atoms with E-state index in [1.807, 2.05) is 0 Å². The molecule has 2 atom stereocenters. The number of likely N-dealkylation sites (tertiary alicyclic amines) is 1. The summed E-state index contributed by atoms with van der Waals surface area (Å²) in [5.74, 6) is -5.64. The molecule has 15 heteroatoms. The molecule has 3 aliphatic rings. The summed E-state index contributed by atoms with van der Waals surface area (Å²) in [5.41, 5.74) is -1.01. The molecule has 3 aromatic rings. The number of alkyl halides is 3. The minimum Gasteiger partial charge on any atom is -0.441 e. The lowest BCUT2D eigenvalue weighted by atomic mass is 10.0. The molecule has 43 heavy (non-hydrogen) atoms. The lowest BCUT2D eigenvalue weighted by Crippen LogP contribution is -2.46. The number of aromatic nitrogens is 2. The van der Waals surface area contributed by atoms with Crippen molar-refractivity contribution in [1.29, 1.82) is 0 Å². The number of hydrogen-bond acceptors (Lipinski definition) is 9. The maximum Gasteiger partial charge on any atom is 0.490 e. The van der Waals surface area contributed by atoms with Crippen molar-refractivity contribution in [2.75, 3.05) is 26.2 Å². The van der Waals surface area contributed by atoms with Gasteiger partial charge in [-0.15, -0.1) is 11.3 Å². The Morgan fingerprint density at radius 2 is 1.91 bits per heavy atom. The number of nitrogens with zero attached hydrogens (tertiary/aromatic N) is 4. The molecule has 10 nitrogen and oxygen atoms in total. The number of halogens is 4. The number of piperazine rings is 1. The fourth-order valence-electron chi connectivity index (χ4n) is 6.18. The molecular formula is C28H25ClF3N5O5S. The first-order chi connectivity index (χ1) is 20.2. The molecule has 1 saturated carbocycles. The zero-order chi connectivity index (χ0) is 31.1. The second-order valence-electron chi connectivity index (χ2n) is 11.3. The highest BCUT2D eigenvalue weighted by Gasteiger charge is 2.88. The molecule has 0 bridgehead atoms. The van der Waals surface area contributed by atoms with Crippen molar-refractivity contribution in [2.45, 2.75) is 39.1 Å². The van der Waals surface area contributed by atoms with Crippen LogP contribution in [0.3, 0.4) is 0 Å². The van der Waals surface area contributed by atoms with Gasteiger partial charge in [0.25, 0.3) is 11.8 Å². The number of carbonyl (C=O) groups excluding carboxylic acids is 4. The molecule has 0 aromatic carbocycles. The van der Waals surface area contributed by atoms with E-state index in [0.29, 0.717) is 63.7 Å². The second-order valence-corrected chi connectivity index (χ2v) is 12.8. The van der Waals surface area contributed by atoms with Crippen molar-refractivity contribution in [3.63, 3.8) is 0 Å². The molecule has 1 aliphatic carbocycles. The number of ether oxygens (including phenoxy) is 1. The number of fused-ring (bicyclic) bond motifs is 2. The Kier molecular flexibility index (Phi) is 6.82. The van der Waals surface area contributed by atoms with E-state index in [1.54, 1.807) is 36.2 Å². The number of piperidine rings is 1. The Balaban J connectivity index is 1.35. The first-order valence-electron chi connectivity index (χ1n) is 13.4. The summed E-state index contributed by atoms with van der Waals surface area (Å²) < 4.78 is 44.4. The summed E-state index contributed by atoms with van der Waals surface area (Å²) in [4.78, 5) is 63.9. The second kappa shape index (κ2) is 9.96. The number of amides is 3. The minimum absolute atomic E-state index is 0.186. The summed E-state index contributed by atoms with van der Waals surface area (Å²) in [5, 5.41) is 3.41. The van der Waals surface area contributed by atoms with Gasteiger partial charge in [-0.05, 0) is 30.7 Å². The molecule has 3 fully saturated rings. The van der Waals surface area contributed by atoms with Crippen LogP contribution in [0.2, 0.25) is 5.15 Å². The van der Waals surface area contributed by atoms with Gasteiger partial charge in [0.2, 0.25) is 11.5 Å². The van der Waals surface area contributed by atoms with Crippen LogP contribution < -0.4 is 5.32 Å². The third kappa shape index (κ3) is 4.49. The summed E-state index contributed by atoms with van der Waals surface area (Å²) in [6, 6.07) is 4.98. The molecule has 6 rings (SSSR count). The number of esters is 1. The normalized spacial score (nSPS) is 23.1. The number of pyridine rings is 2. The Bertz CT molecular complexity index is 1720. The van der Waals surface area contributed by atoms with Gasteiger partial charge in [-0.2, -0.15) is 13.2 Å². The summed E-state index contributed by atoms with van der Waals surface area (Å²) >= 11 is 7.53. The average Bonchev–Trinajstić information content (AvgIpc) is 3.16. The molecule has 2 saturated heterocycles. The summed E-state index contributed by atoms with van der Waals surface area (Å²) in [7, 11) is 0. The summed E-state index contributed by atoms with van der Waals surface area (Å²) in [6.07, 6.45) is -3.78. The molecule has 0 spiro atoms. The lowest BCUT2D eigenvalue weighted by Gasteiger charge is -2.28. The highest BCUT2D eigenvalue weighted by molar-refractivity contribution is 7.19. The highest BCUT2D eigenvalue weighted by atomic mass is 35.5. The van der Waals surface area contributed by atoms with Crippen LogP contribution in [0.25, 0.3) is 21.5 Å². The number of carbonyl (C=O) groups is 4. The molecule has 3 amide bonds. The first-order valence-corrected chi connectivity index (χ1v) is 14.6. The monoisotopic (exact) mass is 635 g/mol. The highest BCUT2D eigenvalue weighted by Crippen LogP contribution is 2.69. The van der Waals surface area contributed by atoms with Crippen molar-refractivity contribution in [2.24, 2.45) is 11.3 Å². The Morgan fingerprint density at radius 3 is 2.58 bits per heavy atom. The summed E-state index contributed by atoms with van der Waals surface area (Å²) in [6.45, 7) is 6.76. The van der Waals surface area contributed by atoms with E-state index >= 15 is 0 Å². The maximum absolute atomic E-state index is 13.6. The first kappa shape index (κ1) is 29.5. The number of hydrogen-bond donors (Lipinski definition) is 1. The van der Waals surface area contributed by atoms with E-state index in [1.165, 1.54) is 25.2 Å². The molecule has 5 heterocycles. The average molecular weight is 636 g/mol. The van der Waals surface area contributed by atoms with Crippen LogP contribution in [-0.2, 0) is 25.7 Å². The smallest absolute Gasteiger partial charge is 0.441 e. The minimum atomic E-state index is -5.32. The van der Waals surface area contributed by atoms with E-state index in [0.717, 1.165) is 4.90 Å². The van der Waals surface area contributed by atoms with Gasteiger partial charge in [0, 0.05) is 48.2 Å². The fourth-order valence-corrected chi connectivity index (χ4v) is 7.55. The molecular weight excluding hydrogens is 611 g/mol. The van der Waals surface area contributed by atoms with Crippen LogP contribution in [0.1, 0.15) is 34.6 Å². The third-order valence-electron chi connectivity index (χ3n) is 8.40. The van der Waals surface area contributed by atoms with Crippen molar-refractivity contribution in [1.82, 2.24) is 25.1 Å². The van der Waals surface area contributed by atoms with Gasteiger partial charge < -0.3 is 15.0 Å². The van der Waals surface area contributed by atoms with Crippen LogP contribution in [0.5, 0.6) is 0 Å². The van der Waals surface area contributed by atoms with Crippen LogP contribution in [0.15, 0.2) is 24.4 Å². The van der Waals surface area contributed by atoms with E-state index in [4.69, 9.17) is 16.3 Å². The molecule has 2 aliphatic heterocycles. The van der Waals surface area contributed by atoms with E-state index < -0.39 is 40.9 Å². The van der Waals surface area contributed by atoms with Gasteiger partial charge in [0.1, 0.15) is 5.15 Å². The van der Waals surface area contributed by atoms with Gasteiger partial charge in [0.05, 0.1) is 33.9 Å². The maximum atomic E-state index is 13.6. The number of aryl methyl sites for hydroxylation is 1. The number of nitrogens with one attached hydrogen (secondary N) is 1. The van der Waals surface area contributed by atoms with Crippen LogP contribution in [0, 0.1) is 18.3 Å². The van der Waals surface area contributed by atoms with Crippen LogP contribution >= 0.6 is 22.9 Å².